The maximum absolute atomic E-state index is 12.0. The van der Waals surface area contributed by atoms with Gasteiger partial charge in [-0.15, -0.1) is 0 Å². The van der Waals surface area contributed by atoms with Crippen LogP contribution in [-0.4, -0.2) is 48.3 Å². The normalized spacial score (nSPS) is 29.5. The van der Waals surface area contributed by atoms with Crippen LogP contribution in [0.5, 0.6) is 0 Å². The van der Waals surface area contributed by atoms with Gasteiger partial charge >= 0.3 is 0 Å². The molecule has 0 aromatic carbocycles. The maximum atomic E-state index is 12.0. The second kappa shape index (κ2) is 7.75. The number of amides is 2. The van der Waals surface area contributed by atoms with Gasteiger partial charge in [0, 0.05) is 12.5 Å². The smallest absolute Gasteiger partial charge is 0.223 e. The number of hydrogen-bond acceptors (Lipinski definition) is 4. The van der Waals surface area contributed by atoms with Gasteiger partial charge in [0.2, 0.25) is 11.8 Å². The molecule has 1 aliphatic carbocycles. The first-order chi connectivity index (χ1) is 10.1. The van der Waals surface area contributed by atoms with Crippen LogP contribution >= 0.6 is 0 Å². The van der Waals surface area contributed by atoms with Gasteiger partial charge in [-0.2, -0.15) is 0 Å². The standard InChI is InChI=1S/C15H26N2O4/c1-2-16-14(19)8-11-6-7-12(13(9-18)21-11)17-15(20)10-4-3-5-10/h10-13,18H,2-9H2,1H3,(H,16,19)(H,17,20)/t11-,12+,13-/m0/s1. The van der Waals surface area contributed by atoms with E-state index in [0.29, 0.717) is 13.0 Å². The van der Waals surface area contributed by atoms with Gasteiger partial charge < -0.3 is 20.5 Å². The first-order valence-electron chi connectivity index (χ1n) is 7.97. The lowest BCUT2D eigenvalue weighted by molar-refractivity contribution is -0.138. The van der Waals surface area contributed by atoms with Crippen LogP contribution in [0.1, 0.15) is 45.4 Å². The van der Waals surface area contributed by atoms with Crippen molar-refractivity contribution >= 4 is 11.8 Å². The van der Waals surface area contributed by atoms with E-state index in [1.807, 2.05) is 6.92 Å². The van der Waals surface area contributed by atoms with E-state index in [-0.39, 0.29) is 36.5 Å². The minimum Gasteiger partial charge on any atom is -0.394 e. The lowest BCUT2D eigenvalue weighted by Gasteiger charge is -2.37. The van der Waals surface area contributed by atoms with Crippen LogP contribution < -0.4 is 10.6 Å². The highest BCUT2D eigenvalue weighted by Crippen LogP contribution is 2.28. The summed E-state index contributed by atoms with van der Waals surface area (Å²) >= 11 is 0. The minimum absolute atomic E-state index is 0.0313. The molecule has 2 rings (SSSR count). The van der Waals surface area contributed by atoms with Gasteiger partial charge in [-0.3, -0.25) is 9.59 Å². The second-order valence-corrected chi connectivity index (χ2v) is 5.96. The summed E-state index contributed by atoms with van der Waals surface area (Å²) in [5.41, 5.74) is 0. The number of carbonyl (C=O) groups is 2. The van der Waals surface area contributed by atoms with Crippen molar-refractivity contribution in [3.8, 4) is 0 Å². The van der Waals surface area contributed by atoms with Gasteiger partial charge in [0.15, 0.2) is 0 Å². The van der Waals surface area contributed by atoms with Crippen molar-refractivity contribution < 1.29 is 19.4 Å². The molecule has 3 N–H and O–H groups in total. The van der Waals surface area contributed by atoms with E-state index >= 15 is 0 Å². The number of rotatable bonds is 6. The molecule has 3 atom stereocenters. The molecule has 6 heteroatoms. The molecule has 2 aliphatic rings. The average molecular weight is 298 g/mol. The monoisotopic (exact) mass is 298 g/mol. The van der Waals surface area contributed by atoms with Crippen LogP contribution in [0.2, 0.25) is 0 Å². The van der Waals surface area contributed by atoms with Crippen molar-refractivity contribution in [3.05, 3.63) is 0 Å². The lowest BCUT2D eigenvalue weighted by Crippen LogP contribution is -2.53. The molecular formula is C15H26N2O4. The van der Waals surface area contributed by atoms with Gasteiger partial charge in [0.1, 0.15) is 6.10 Å². The zero-order valence-electron chi connectivity index (χ0n) is 12.6. The second-order valence-electron chi connectivity index (χ2n) is 5.96. The van der Waals surface area contributed by atoms with Crippen LogP contribution in [-0.2, 0) is 14.3 Å². The molecule has 120 valence electrons. The number of hydrogen-bond donors (Lipinski definition) is 3. The number of carbonyl (C=O) groups excluding carboxylic acids is 2. The highest BCUT2D eigenvalue weighted by Gasteiger charge is 2.35. The van der Waals surface area contributed by atoms with Crippen LogP contribution in [0.25, 0.3) is 0 Å². The highest BCUT2D eigenvalue weighted by atomic mass is 16.5. The van der Waals surface area contributed by atoms with Crippen LogP contribution in [0, 0.1) is 5.92 Å². The molecule has 0 radical (unpaired) electrons. The molecule has 0 spiro atoms. The third kappa shape index (κ3) is 4.41. The Morgan fingerprint density at radius 2 is 2.00 bits per heavy atom. The molecule has 0 bridgehead atoms. The fourth-order valence-corrected chi connectivity index (χ4v) is 2.89. The van der Waals surface area contributed by atoms with Crippen molar-refractivity contribution in [1.82, 2.24) is 10.6 Å². The van der Waals surface area contributed by atoms with Gasteiger partial charge in [-0.1, -0.05) is 6.42 Å². The Bertz CT molecular complexity index is 371. The molecule has 0 aromatic heterocycles. The summed E-state index contributed by atoms with van der Waals surface area (Å²) in [4.78, 5) is 23.6. The predicted molar refractivity (Wildman–Crippen MR) is 77.6 cm³/mol. The number of aliphatic hydroxyl groups excluding tert-OH is 1. The molecule has 1 aliphatic heterocycles. The summed E-state index contributed by atoms with van der Waals surface area (Å²) in [5.74, 6) is 0.184. The van der Waals surface area contributed by atoms with Gasteiger partial charge in [0.25, 0.3) is 0 Å². The molecular weight excluding hydrogens is 272 g/mol. The van der Waals surface area contributed by atoms with E-state index in [1.54, 1.807) is 0 Å². The van der Waals surface area contributed by atoms with E-state index < -0.39 is 6.10 Å². The van der Waals surface area contributed by atoms with E-state index in [1.165, 1.54) is 0 Å². The van der Waals surface area contributed by atoms with Crippen molar-refractivity contribution in [2.24, 2.45) is 5.92 Å². The van der Waals surface area contributed by atoms with E-state index in [9.17, 15) is 14.7 Å². The maximum Gasteiger partial charge on any atom is 0.223 e. The Labute approximate surface area is 125 Å². The van der Waals surface area contributed by atoms with E-state index in [4.69, 9.17) is 4.74 Å². The summed E-state index contributed by atoms with van der Waals surface area (Å²) in [5, 5.41) is 15.2. The molecule has 1 saturated carbocycles. The van der Waals surface area contributed by atoms with Gasteiger partial charge in [-0.25, -0.2) is 0 Å². The minimum atomic E-state index is -0.415. The van der Waals surface area contributed by atoms with Crippen molar-refractivity contribution in [3.63, 3.8) is 0 Å². The predicted octanol–water partition coefficient (Wildman–Crippen LogP) is 0.337. The molecule has 2 amide bonds. The molecule has 0 unspecified atom stereocenters. The zero-order valence-corrected chi connectivity index (χ0v) is 12.6. The highest BCUT2D eigenvalue weighted by molar-refractivity contribution is 5.79. The summed E-state index contributed by atoms with van der Waals surface area (Å²) in [6.07, 6.45) is 4.24. The summed E-state index contributed by atoms with van der Waals surface area (Å²) in [7, 11) is 0. The summed E-state index contributed by atoms with van der Waals surface area (Å²) in [6, 6.07) is -0.145. The summed E-state index contributed by atoms with van der Waals surface area (Å²) in [6.45, 7) is 2.35. The van der Waals surface area contributed by atoms with Crippen LogP contribution in [0.4, 0.5) is 0 Å². The Balaban J connectivity index is 1.80. The lowest BCUT2D eigenvalue weighted by atomic mass is 9.84. The Hall–Kier alpha value is -1.14. The number of ether oxygens (including phenoxy) is 1. The third-order valence-corrected chi connectivity index (χ3v) is 4.39. The molecule has 0 aromatic rings. The Kier molecular flexibility index (Phi) is 5.99. The Morgan fingerprint density at radius 3 is 2.57 bits per heavy atom. The Morgan fingerprint density at radius 1 is 1.24 bits per heavy atom. The zero-order chi connectivity index (χ0) is 15.2. The fourth-order valence-electron chi connectivity index (χ4n) is 2.89. The quantitative estimate of drug-likeness (QED) is 0.660. The van der Waals surface area contributed by atoms with Crippen LogP contribution in [0.3, 0.4) is 0 Å². The molecule has 1 heterocycles. The summed E-state index contributed by atoms with van der Waals surface area (Å²) < 4.78 is 5.77. The number of aliphatic hydroxyl groups is 1. The topological polar surface area (TPSA) is 87.7 Å². The third-order valence-electron chi connectivity index (χ3n) is 4.39. The fraction of sp³-hybridized carbons (Fsp3) is 0.867. The SMILES string of the molecule is CCNC(=O)C[C@@H]1CC[C@@H](NC(=O)C2CCC2)[C@H](CO)O1. The number of nitrogens with one attached hydrogen (secondary N) is 2. The van der Waals surface area contributed by atoms with Crippen molar-refractivity contribution in [1.29, 1.82) is 0 Å². The van der Waals surface area contributed by atoms with E-state index in [2.05, 4.69) is 10.6 Å². The van der Waals surface area contributed by atoms with Gasteiger partial charge in [-0.05, 0) is 32.6 Å². The average Bonchev–Trinajstić information content (AvgIpc) is 2.38. The molecule has 6 nitrogen and oxygen atoms in total. The van der Waals surface area contributed by atoms with E-state index in [0.717, 1.165) is 32.1 Å². The largest absolute Gasteiger partial charge is 0.394 e. The van der Waals surface area contributed by atoms with Gasteiger partial charge in [0.05, 0.1) is 25.2 Å². The van der Waals surface area contributed by atoms with Crippen molar-refractivity contribution in [2.75, 3.05) is 13.2 Å². The molecule has 1 saturated heterocycles. The molecule has 2 fully saturated rings. The first-order valence-corrected chi connectivity index (χ1v) is 7.97. The van der Waals surface area contributed by atoms with Crippen molar-refractivity contribution in [2.45, 2.75) is 63.7 Å². The van der Waals surface area contributed by atoms with Crippen LogP contribution in [0.15, 0.2) is 0 Å². The molecule has 21 heavy (non-hydrogen) atoms. The first kappa shape index (κ1) is 16.2.